The summed E-state index contributed by atoms with van der Waals surface area (Å²) < 4.78 is 7.52. The first-order chi connectivity index (χ1) is 11.7. The van der Waals surface area contributed by atoms with Crippen molar-refractivity contribution in [3.05, 3.63) is 48.5 Å². The highest BCUT2D eigenvalue weighted by atomic mass is 32.2. The summed E-state index contributed by atoms with van der Waals surface area (Å²) in [5, 5.41) is 0. The molecule has 0 aromatic carbocycles. The molecule has 0 bridgehead atoms. The summed E-state index contributed by atoms with van der Waals surface area (Å²) in [7, 11) is 0. The number of hydrogen-bond acceptors (Lipinski definition) is 4. The van der Waals surface area contributed by atoms with Crippen molar-refractivity contribution < 1.29 is 9.21 Å². The quantitative estimate of drug-likeness (QED) is 0.754. The molecular weight excluding hydrogens is 322 g/mol. The zero-order valence-electron chi connectivity index (χ0n) is 13.9. The van der Waals surface area contributed by atoms with Crippen molar-refractivity contribution in [1.82, 2.24) is 14.5 Å². The van der Waals surface area contributed by atoms with Crippen molar-refractivity contribution in [1.29, 1.82) is 0 Å². The largest absolute Gasteiger partial charge is 0.462 e. The molecule has 0 atom stereocenters. The van der Waals surface area contributed by atoms with Gasteiger partial charge in [0.2, 0.25) is 5.91 Å². The van der Waals surface area contributed by atoms with E-state index >= 15 is 0 Å². The number of aromatic nitrogens is 2. The van der Waals surface area contributed by atoms with Gasteiger partial charge in [-0.2, -0.15) is 11.8 Å². The number of furan rings is 1. The highest BCUT2D eigenvalue weighted by molar-refractivity contribution is 7.99. The highest BCUT2D eigenvalue weighted by Crippen LogP contribution is 2.22. The molecule has 0 saturated carbocycles. The van der Waals surface area contributed by atoms with Gasteiger partial charge in [0.1, 0.15) is 11.5 Å². The van der Waals surface area contributed by atoms with Crippen LogP contribution in [-0.2, 0) is 11.3 Å². The number of carbonyl (C=O) groups is 1. The molecule has 3 rings (SSSR count). The van der Waals surface area contributed by atoms with Crippen LogP contribution in [-0.4, -0.2) is 44.5 Å². The van der Waals surface area contributed by atoms with Gasteiger partial charge in [0.25, 0.3) is 0 Å². The molecule has 1 aliphatic rings. The summed E-state index contributed by atoms with van der Waals surface area (Å²) in [4.78, 5) is 18.8. The Kier molecular flexibility index (Phi) is 5.80. The van der Waals surface area contributed by atoms with E-state index in [0.717, 1.165) is 42.4 Å². The molecule has 5 nitrogen and oxygen atoms in total. The first-order valence-corrected chi connectivity index (χ1v) is 9.46. The van der Waals surface area contributed by atoms with Crippen LogP contribution in [0.15, 0.2) is 41.3 Å². The van der Waals surface area contributed by atoms with Gasteiger partial charge in [0.15, 0.2) is 0 Å². The third-order valence-corrected chi connectivity index (χ3v) is 5.27. The van der Waals surface area contributed by atoms with Gasteiger partial charge in [-0.3, -0.25) is 4.79 Å². The summed E-state index contributed by atoms with van der Waals surface area (Å²) in [6.07, 6.45) is 11.0. The maximum atomic E-state index is 12.7. The van der Waals surface area contributed by atoms with Gasteiger partial charge in [-0.05, 0) is 49.5 Å². The second-order valence-electron chi connectivity index (χ2n) is 5.96. The van der Waals surface area contributed by atoms with Crippen LogP contribution < -0.4 is 0 Å². The van der Waals surface area contributed by atoms with E-state index in [2.05, 4.69) is 4.98 Å². The van der Waals surface area contributed by atoms with Gasteiger partial charge in [-0.1, -0.05) is 0 Å². The lowest BCUT2D eigenvalue weighted by Gasteiger charge is -2.33. The maximum Gasteiger partial charge on any atom is 0.247 e. The molecular formula is C18H23N3O2S. The lowest BCUT2D eigenvalue weighted by Crippen LogP contribution is -2.43. The lowest BCUT2D eigenvalue weighted by molar-refractivity contribution is -0.128. The summed E-state index contributed by atoms with van der Waals surface area (Å²) >= 11 is 1.97. The molecule has 1 fully saturated rings. The number of nitrogens with zero attached hydrogens (tertiary/aromatic N) is 3. The minimum atomic E-state index is 0.0565. The number of amides is 1. The Bertz CT molecular complexity index is 672. The molecule has 24 heavy (non-hydrogen) atoms. The molecule has 2 aromatic rings. The maximum absolute atomic E-state index is 12.7. The van der Waals surface area contributed by atoms with E-state index in [1.807, 2.05) is 46.5 Å². The van der Waals surface area contributed by atoms with Gasteiger partial charge in [-0.25, -0.2) is 4.98 Å². The van der Waals surface area contributed by atoms with E-state index in [4.69, 9.17) is 4.42 Å². The van der Waals surface area contributed by atoms with Crippen molar-refractivity contribution in [3.8, 4) is 0 Å². The highest BCUT2D eigenvalue weighted by Gasteiger charge is 2.24. The van der Waals surface area contributed by atoms with Gasteiger partial charge >= 0.3 is 0 Å². The number of thioether (sulfide) groups is 1. The van der Waals surface area contributed by atoms with Crippen LogP contribution in [0.1, 0.15) is 24.4 Å². The van der Waals surface area contributed by atoms with Crippen LogP contribution >= 0.6 is 11.8 Å². The molecule has 0 unspecified atom stereocenters. The van der Waals surface area contributed by atoms with E-state index in [0.29, 0.717) is 12.6 Å². The fourth-order valence-electron chi connectivity index (χ4n) is 2.90. The van der Waals surface area contributed by atoms with Crippen LogP contribution in [0.3, 0.4) is 0 Å². The van der Waals surface area contributed by atoms with E-state index in [9.17, 15) is 4.79 Å². The normalized spacial score (nSPS) is 15.9. The fourth-order valence-corrected chi connectivity index (χ4v) is 3.99. The molecule has 0 aliphatic carbocycles. The fraction of sp³-hybridized carbons (Fsp3) is 0.444. The van der Waals surface area contributed by atoms with Crippen LogP contribution in [0, 0.1) is 6.92 Å². The number of aryl methyl sites for hydroxylation is 1. The van der Waals surface area contributed by atoms with Crippen molar-refractivity contribution >= 4 is 23.7 Å². The van der Waals surface area contributed by atoms with Gasteiger partial charge < -0.3 is 13.9 Å². The monoisotopic (exact) mass is 345 g/mol. The summed E-state index contributed by atoms with van der Waals surface area (Å²) in [5.41, 5.74) is 0. The number of imidazole rings is 1. The number of hydrogen-bond donors (Lipinski definition) is 0. The summed E-state index contributed by atoms with van der Waals surface area (Å²) in [6.45, 7) is 3.37. The second kappa shape index (κ2) is 8.24. The Labute approximate surface area is 146 Å². The van der Waals surface area contributed by atoms with Crippen molar-refractivity contribution in [3.63, 3.8) is 0 Å². The molecule has 6 heteroatoms. The van der Waals surface area contributed by atoms with E-state index in [1.165, 1.54) is 0 Å². The van der Waals surface area contributed by atoms with Gasteiger partial charge in [0, 0.05) is 37.6 Å². The van der Waals surface area contributed by atoms with Crippen LogP contribution in [0.5, 0.6) is 0 Å². The Hall–Kier alpha value is -1.95. The zero-order chi connectivity index (χ0) is 16.8. The Morgan fingerprint density at radius 3 is 2.96 bits per heavy atom. The molecule has 1 amide bonds. The van der Waals surface area contributed by atoms with Gasteiger partial charge in [-0.15, -0.1) is 0 Å². The smallest absolute Gasteiger partial charge is 0.247 e. The van der Waals surface area contributed by atoms with Crippen LogP contribution in [0.4, 0.5) is 0 Å². The SMILES string of the molecule is Cc1ccc(C=CC(=O)N(CCn2ccnc2)C2CCSCC2)o1. The predicted octanol–water partition coefficient (Wildman–Crippen LogP) is 3.22. The molecule has 2 aromatic heterocycles. The summed E-state index contributed by atoms with van der Waals surface area (Å²) in [5.74, 6) is 3.88. The number of rotatable bonds is 6. The Morgan fingerprint density at radius 2 is 2.29 bits per heavy atom. The van der Waals surface area contributed by atoms with Crippen molar-refractivity contribution in [2.24, 2.45) is 0 Å². The van der Waals surface area contributed by atoms with Gasteiger partial charge in [0.05, 0.1) is 6.33 Å². The first-order valence-electron chi connectivity index (χ1n) is 8.31. The molecule has 1 saturated heterocycles. The summed E-state index contributed by atoms with van der Waals surface area (Å²) in [6, 6.07) is 4.11. The Morgan fingerprint density at radius 1 is 1.46 bits per heavy atom. The minimum Gasteiger partial charge on any atom is -0.462 e. The predicted molar refractivity (Wildman–Crippen MR) is 96.8 cm³/mol. The third-order valence-electron chi connectivity index (χ3n) is 4.22. The van der Waals surface area contributed by atoms with Crippen LogP contribution in [0.25, 0.3) is 6.08 Å². The standard InChI is InChI=1S/C18H23N3O2S/c1-15-2-3-17(23-15)4-5-18(22)21(16-6-12-24-13-7-16)11-10-20-9-8-19-14-20/h2-5,8-9,14,16H,6-7,10-13H2,1H3. The molecule has 1 aliphatic heterocycles. The average Bonchev–Trinajstić information content (AvgIpc) is 3.26. The minimum absolute atomic E-state index is 0.0565. The first kappa shape index (κ1) is 16.9. The van der Waals surface area contributed by atoms with Crippen LogP contribution in [0.2, 0.25) is 0 Å². The Balaban J connectivity index is 1.67. The van der Waals surface area contributed by atoms with E-state index < -0.39 is 0 Å². The average molecular weight is 345 g/mol. The lowest BCUT2D eigenvalue weighted by atomic mass is 10.1. The van der Waals surface area contributed by atoms with E-state index in [-0.39, 0.29) is 5.91 Å². The van der Waals surface area contributed by atoms with Crippen molar-refractivity contribution in [2.45, 2.75) is 32.4 Å². The van der Waals surface area contributed by atoms with E-state index in [1.54, 1.807) is 24.7 Å². The molecule has 0 N–H and O–H groups in total. The molecule has 128 valence electrons. The molecule has 0 radical (unpaired) electrons. The third kappa shape index (κ3) is 4.54. The zero-order valence-corrected chi connectivity index (χ0v) is 14.7. The molecule has 0 spiro atoms. The topological polar surface area (TPSA) is 51.3 Å². The van der Waals surface area contributed by atoms with Crippen molar-refractivity contribution in [2.75, 3.05) is 18.1 Å². The number of carbonyl (C=O) groups excluding carboxylic acids is 1. The molecule has 3 heterocycles. The second-order valence-corrected chi connectivity index (χ2v) is 7.18.